The lowest BCUT2D eigenvalue weighted by Gasteiger charge is -2.23. The quantitative estimate of drug-likeness (QED) is 0.549. The first-order valence-electron chi connectivity index (χ1n) is 9.41. The topological polar surface area (TPSA) is 70.2 Å². The molecule has 0 saturated heterocycles. The molecule has 28 heavy (non-hydrogen) atoms. The molecule has 1 fully saturated rings. The maximum Gasteiger partial charge on any atom is 0.253 e. The molecule has 1 aliphatic rings. The Kier molecular flexibility index (Phi) is 7.34. The van der Waals surface area contributed by atoms with Gasteiger partial charge in [-0.3, -0.25) is 9.59 Å². The molecule has 0 aromatic heterocycles. The van der Waals surface area contributed by atoms with Gasteiger partial charge in [-0.1, -0.05) is 52.9 Å². The summed E-state index contributed by atoms with van der Waals surface area (Å²) < 4.78 is 0.893. The molecule has 0 aliphatic heterocycles. The Morgan fingerprint density at radius 2 is 1.82 bits per heavy atom. The van der Waals surface area contributed by atoms with Crippen molar-refractivity contribution in [3.8, 4) is 0 Å². The SMILES string of the molecule is O=C(CNc1ccc(Cl)c(C(=O)NC2CCCCC2)c1)Nc1cccc(Br)c1. The Morgan fingerprint density at radius 1 is 1.04 bits per heavy atom. The van der Waals surface area contributed by atoms with E-state index in [4.69, 9.17) is 11.6 Å². The molecule has 0 radical (unpaired) electrons. The Bertz CT molecular complexity index is 853. The number of benzene rings is 2. The first-order valence-corrected chi connectivity index (χ1v) is 10.6. The van der Waals surface area contributed by atoms with Crippen molar-refractivity contribution in [2.24, 2.45) is 0 Å². The highest BCUT2D eigenvalue weighted by Gasteiger charge is 2.18. The van der Waals surface area contributed by atoms with Crippen molar-refractivity contribution < 1.29 is 9.59 Å². The van der Waals surface area contributed by atoms with Gasteiger partial charge in [0.15, 0.2) is 0 Å². The van der Waals surface area contributed by atoms with Crippen molar-refractivity contribution in [3.63, 3.8) is 0 Å². The molecule has 2 aromatic carbocycles. The molecule has 0 heterocycles. The summed E-state index contributed by atoms with van der Waals surface area (Å²) in [7, 11) is 0. The van der Waals surface area contributed by atoms with Gasteiger partial charge in [0.25, 0.3) is 5.91 Å². The van der Waals surface area contributed by atoms with Crippen molar-refractivity contribution in [2.45, 2.75) is 38.1 Å². The van der Waals surface area contributed by atoms with Crippen LogP contribution < -0.4 is 16.0 Å². The number of halogens is 2. The third-order valence-electron chi connectivity index (χ3n) is 4.71. The molecule has 3 N–H and O–H groups in total. The molecule has 1 saturated carbocycles. The monoisotopic (exact) mass is 463 g/mol. The molecule has 1 aliphatic carbocycles. The van der Waals surface area contributed by atoms with Gasteiger partial charge in [-0.05, 0) is 49.2 Å². The van der Waals surface area contributed by atoms with E-state index in [1.165, 1.54) is 6.42 Å². The summed E-state index contributed by atoms with van der Waals surface area (Å²) in [5.74, 6) is -0.347. The van der Waals surface area contributed by atoms with E-state index in [1.54, 1.807) is 18.2 Å². The van der Waals surface area contributed by atoms with Crippen molar-refractivity contribution in [1.29, 1.82) is 0 Å². The molecular weight excluding hydrogens is 442 g/mol. The highest BCUT2D eigenvalue weighted by atomic mass is 79.9. The highest BCUT2D eigenvalue weighted by molar-refractivity contribution is 9.10. The van der Waals surface area contributed by atoms with E-state index in [2.05, 4.69) is 31.9 Å². The van der Waals surface area contributed by atoms with E-state index >= 15 is 0 Å². The van der Waals surface area contributed by atoms with Crippen LogP contribution in [0.1, 0.15) is 42.5 Å². The number of carbonyl (C=O) groups excluding carboxylic acids is 2. The van der Waals surface area contributed by atoms with Crippen LogP contribution in [-0.4, -0.2) is 24.4 Å². The molecule has 2 amide bonds. The van der Waals surface area contributed by atoms with Crippen LogP contribution >= 0.6 is 27.5 Å². The standard InChI is InChI=1S/C21H23BrClN3O2/c22-14-5-4-8-17(11-14)25-20(27)13-24-16-9-10-19(23)18(12-16)21(28)26-15-6-2-1-3-7-15/h4-5,8-12,15,24H,1-3,6-7,13H2,(H,25,27)(H,26,28). The first-order chi connectivity index (χ1) is 13.5. The van der Waals surface area contributed by atoms with Gasteiger partial charge in [-0.15, -0.1) is 0 Å². The van der Waals surface area contributed by atoms with Crippen LogP contribution in [0.25, 0.3) is 0 Å². The van der Waals surface area contributed by atoms with Crippen LogP contribution in [0, 0.1) is 0 Å². The molecule has 7 heteroatoms. The summed E-state index contributed by atoms with van der Waals surface area (Å²) in [6.07, 6.45) is 5.55. The van der Waals surface area contributed by atoms with Crippen molar-refractivity contribution >= 4 is 50.7 Å². The maximum absolute atomic E-state index is 12.6. The predicted molar refractivity (Wildman–Crippen MR) is 117 cm³/mol. The van der Waals surface area contributed by atoms with Crippen LogP contribution in [0.3, 0.4) is 0 Å². The van der Waals surface area contributed by atoms with E-state index in [-0.39, 0.29) is 24.4 Å². The molecule has 0 bridgehead atoms. The zero-order valence-electron chi connectivity index (χ0n) is 15.4. The molecule has 0 atom stereocenters. The lowest BCUT2D eigenvalue weighted by atomic mass is 9.95. The number of carbonyl (C=O) groups is 2. The Balaban J connectivity index is 1.57. The van der Waals surface area contributed by atoms with E-state index in [0.717, 1.165) is 30.2 Å². The Labute approximate surface area is 178 Å². The summed E-state index contributed by atoms with van der Waals surface area (Å²) in [6, 6.07) is 12.7. The second kappa shape index (κ2) is 9.94. The molecular formula is C21H23BrClN3O2. The van der Waals surface area contributed by atoms with E-state index in [0.29, 0.717) is 22.0 Å². The van der Waals surface area contributed by atoms with Gasteiger partial charge in [0, 0.05) is 21.9 Å². The van der Waals surface area contributed by atoms with Crippen molar-refractivity contribution in [1.82, 2.24) is 5.32 Å². The largest absolute Gasteiger partial charge is 0.376 e. The lowest BCUT2D eigenvalue weighted by molar-refractivity contribution is -0.114. The molecule has 2 aromatic rings. The van der Waals surface area contributed by atoms with Gasteiger partial charge >= 0.3 is 0 Å². The van der Waals surface area contributed by atoms with E-state index in [1.807, 2.05) is 24.3 Å². The predicted octanol–water partition coefficient (Wildman–Crippen LogP) is 5.22. The number of rotatable bonds is 6. The minimum absolute atomic E-state index is 0.0812. The minimum Gasteiger partial charge on any atom is -0.376 e. The molecule has 5 nitrogen and oxygen atoms in total. The van der Waals surface area contributed by atoms with Gasteiger partial charge < -0.3 is 16.0 Å². The Hall–Kier alpha value is -2.05. The number of nitrogens with one attached hydrogen (secondary N) is 3. The van der Waals surface area contributed by atoms with Crippen LogP contribution in [0.5, 0.6) is 0 Å². The zero-order chi connectivity index (χ0) is 19.9. The number of amides is 2. The highest BCUT2D eigenvalue weighted by Crippen LogP contribution is 2.23. The summed E-state index contributed by atoms with van der Waals surface area (Å²) in [4.78, 5) is 24.7. The molecule has 3 rings (SSSR count). The van der Waals surface area contributed by atoms with Crippen LogP contribution in [0.2, 0.25) is 5.02 Å². The summed E-state index contributed by atoms with van der Waals surface area (Å²) >= 11 is 9.60. The van der Waals surface area contributed by atoms with Gasteiger partial charge in [-0.25, -0.2) is 0 Å². The van der Waals surface area contributed by atoms with Crippen LogP contribution in [-0.2, 0) is 4.79 Å². The fourth-order valence-electron chi connectivity index (χ4n) is 3.27. The van der Waals surface area contributed by atoms with Crippen molar-refractivity contribution in [3.05, 3.63) is 57.5 Å². The fraction of sp³-hybridized carbons (Fsp3) is 0.333. The minimum atomic E-state index is -0.179. The number of anilines is 2. The van der Waals surface area contributed by atoms with Gasteiger partial charge in [-0.2, -0.15) is 0 Å². The Morgan fingerprint density at radius 3 is 2.57 bits per heavy atom. The number of hydrogen-bond acceptors (Lipinski definition) is 3. The van der Waals surface area contributed by atoms with Gasteiger partial charge in [0.2, 0.25) is 5.91 Å². The van der Waals surface area contributed by atoms with Gasteiger partial charge in [0.05, 0.1) is 17.1 Å². The summed E-state index contributed by atoms with van der Waals surface area (Å²) in [5, 5.41) is 9.33. The summed E-state index contributed by atoms with van der Waals surface area (Å²) in [6.45, 7) is 0.0812. The average Bonchev–Trinajstić information content (AvgIpc) is 2.68. The summed E-state index contributed by atoms with van der Waals surface area (Å²) in [5.41, 5.74) is 1.80. The smallest absolute Gasteiger partial charge is 0.253 e. The second-order valence-corrected chi connectivity index (χ2v) is 8.24. The molecule has 0 unspecified atom stereocenters. The molecule has 148 valence electrons. The van der Waals surface area contributed by atoms with Crippen molar-refractivity contribution in [2.75, 3.05) is 17.2 Å². The van der Waals surface area contributed by atoms with E-state index in [9.17, 15) is 9.59 Å². The van der Waals surface area contributed by atoms with Gasteiger partial charge in [0.1, 0.15) is 0 Å². The normalized spacial score (nSPS) is 14.4. The molecule has 0 spiro atoms. The van der Waals surface area contributed by atoms with Crippen LogP contribution in [0.4, 0.5) is 11.4 Å². The third-order valence-corrected chi connectivity index (χ3v) is 5.54. The zero-order valence-corrected chi connectivity index (χ0v) is 17.8. The fourth-order valence-corrected chi connectivity index (χ4v) is 3.88. The lowest BCUT2D eigenvalue weighted by Crippen LogP contribution is -2.36. The van der Waals surface area contributed by atoms with E-state index < -0.39 is 0 Å². The first kappa shape index (κ1) is 20.7. The number of hydrogen-bond donors (Lipinski definition) is 3. The van der Waals surface area contributed by atoms with Crippen LogP contribution in [0.15, 0.2) is 46.9 Å². The third kappa shape index (κ3) is 5.97. The maximum atomic E-state index is 12.6. The average molecular weight is 465 g/mol. The second-order valence-electron chi connectivity index (χ2n) is 6.92.